The van der Waals surface area contributed by atoms with E-state index in [1.165, 1.54) is 18.9 Å². The Morgan fingerprint density at radius 3 is 3.00 bits per heavy atom. The Bertz CT molecular complexity index is 751. The Morgan fingerprint density at radius 1 is 1.42 bits per heavy atom. The van der Waals surface area contributed by atoms with Gasteiger partial charge < -0.3 is 15.0 Å². The lowest BCUT2D eigenvalue weighted by molar-refractivity contribution is 0.266. The molecule has 2 aromatic rings. The third-order valence-electron chi connectivity index (χ3n) is 4.48. The van der Waals surface area contributed by atoms with Crippen molar-refractivity contribution >= 4 is 5.96 Å². The van der Waals surface area contributed by atoms with Gasteiger partial charge in [-0.15, -0.1) is 0 Å². The van der Waals surface area contributed by atoms with Gasteiger partial charge in [0.15, 0.2) is 17.5 Å². The quantitative estimate of drug-likeness (QED) is 0.668. The van der Waals surface area contributed by atoms with Crippen molar-refractivity contribution in [2.75, 3.05) is 20.1 Å². The highest BCUT2D eigenvalue weighted by molar-refractivity contribution is 5.80. The number of nitrogens with one attached hydrogen (secondary N) is 1. The van der Waals surface area contributed by atoms with E-state index in [1.807, 2.05) is 6.07 Å². The first kappa shape index (κ1) is 18.2. The van der Waals surface area contributed by atoms with Gasteiger partial charge in [0.05, 0.1) is 6.20 Å². The van der Waals surface area contributed by atoms with E-state index >= 15 is 0 Å². The van der Waals surface area contributed by atoms with Gasteiger partial charge in [0.2, 0.25) is 0 Å². The van der Waals surface area contributed by atoms with Gasteiger partial charge in [-0.05, 0) is 48.6 Å². The Labute approximate surface area is 153 Å². The summed E-state index contributed by atoms with van der Waals surface area (Å²) >= 11 is 0. The molecule has 0 spiro atoms. The van der Waals surface area contributed by atoms with Crippen molar-refractivity contribution in [3.63, 3.8) is 0 Å². The number of likely N-dealkylation sites (tertiary alicyclic amines) is 1. The van der Waals surface area contributed by atoms with Crippen LogP contribution in [0.4, 0.5) is 4.39 Å². The van der Waals surface area contributed by atoms with Crippen molar-refractivity contribution < 1.29 is 9.13 Å². The largest absolute Gasteiger partial charge is 0.453 e. The number of hydrogen-bond acceptors (Lipinski definition) is 3. The fraction of sp³-hybridized carbons (Fsp3) is 0.400. The number of hydrogen-bond donors (Lipinski definition) is 1. The van der Waals surface area contributed by atoms with E-state index in [-0.39, 0.29) is 5.75 Å². The molecule has 1 aliphatic heterocycles. The summed E-state index contributed by atoms with van der Waals surface area (Å²) in [6.45, 7) is 4.79. The maximum absolute atomic E-state index is 14.3. The fourth-order valence-electron chi connectivity index (χ4n) is 3.17. The molecule has 26 heavy (non-hydrogen) atoms. The third-order valence-corrected chi connectivity index (χ3v) is 4.48. The molecule has 1 saturated heterocycles. The normalized spacial score (nSPS) is 17.9. The van der Waals surface area contributed by atoms with Crippen molar-refractivity contribution in [1.82, 2.24) is 15.2 Å². The lowest BCUT2D eigenvalue weighted by atomic mass is 10.0. The number of benzene rings is 1. The van der Waals surface area contributed by atoms with Gasteiger partial charge in [-0.3, -0.25) is 9.98 Å². The molecule has 0 bridgehead atoms. The molecular weight excluding hydrogens is 331 g/mol. The molecule has 5 nitrogen and oxygen atoms in total. The van der Waals surface area contributed by atoms with Crippen LogP contribution in [0.1, 0.15) is 25.3 Å². The van der Waals surface area contributed by atoms with Crippen LogP contribution in [-0.4, -0.2) is 36.0 Å². The van der Waals surface area contributed by atoms with Gasteiger partial charge in [0.1, 0.15) is 5.75 Å². The number of pyridine rings is 1. The highest BCUT2D eigenvalue weighted by atomic mass is 19.1. The number of nitrogens with zero attached hydrogens (tertiary/aromatic N) is 3. The van der Waals surface area contributed by atoms with Crippen LogP contribution in [0.3, 0.4) is 0 Å². The van der Waals surface area contributed by atoms with E-state index in [4.69, 9.17) is 4.74 Å². The number of aromatic nitrogens is 1. The van der Waals surface area contributed by atoms with Crippen LogP contribution >= 0.6 is 0 Å². The Balaban J connectivity index is 1.60. The van der Waals surface area contributed by atoms with Crippen LogP contribution in [-0.2, 0) is 6.54 Å². The van der Waals surface area contributed by atoms with E-state index in [0.717, 1.165) is 24.6 Å². The average Bonchev–Trinajstić information content (AvgIpc) is 2.65. The maximum Gasteiger partial charge on any atom is 0.193 e. The SMILES string of the molecule is CN=C(NCc1ccc(Oc2cccnc2)c(F)c1)N1CCCC(C)C1. The third kappa shape index (κ3) is 4.71. The van der Waals surface area contributed by atoms with Gasteiger partial charge in [-0.2, -0.15) is 0 Å². The maximum atomic E-state index is 14.3. The van der Waals surface area contributed by atoms with Gasteiger partial charge in [0.25, 0.3) is 0 Å². The van der Waals surface area contributed by atoms with Gasteiger partial charge in [-0.1, -0.05) is 13.0 Å². The van der Waals surface area contributed by atoms with Crippen LogP contribution in [0.15, 0.2) is 47.7 Å². The zero-order valence-corrected chi connectivity index (χ0v) is 15.3. The lowest BCUT2D eigenvalue weighted by Crippen LogP contribution is -2.45. The van der Waals surface area contributed by atoms with Crippen LogP contribution in [0.25, 0.3) is 0 Å². The van der Waals surface area contributed by atoms with Crippen molar-refractivity contribution in [2.24, 2.45) is 10.9 Å². The Morgan fingerprint density at radius 2 is 2.31 bits per heavy atom. The number of rotatable bonds is 4. The second-order valence-corrected chi connectivity index (χ2v) is 6.65. The van der Waals surface area contributed by atoms with Crippen molar-refractivity contribution in [3.05, 3.63) is 54.1 Å². The molecule has 1 fully saturated rings. The molecule has 138 valence electrons. The molecule has 0 amide bonds. The second-order valence-electron chi connectivity index (χ2n) is 6.65. The molecule has 0 aliphatic carbocycles. The topological polar surface area (TPSA) is 49.8 Å². The molecule has 2 heterocycles. The minimum absolute atomic E-state index is 0.191. The van der Waals surface area contributed by atoms with Crippen molar-refractivity contribution in [2.45, 2.75) is 26.3 Å². The lowest BCUT2D eigenvalue weighted by Gasteiger charge is -2.33. The fourth-order valence-corrected chi connectivity index (χ4v) is 3.17. The summed E-state index contributed by atoms with van der Waals surface area (Å²) in [4.78, 5) is 10.6. The minimum atomic E-state index is -0.394. The first-order valence-electron chi connectivity index (χ1n) is 8.97. The van der Waals surface area contributed by atoms with Crippen LogP contribution in [0.5, 0.6) is 11.5 Å². The number of halogens is 1. The summed E-state index contributed by atoms with van der Waals surface area (Å²) in [6, 6.07) is 8.48. The first-order valence-corrected chi connectivity index (χ1v) is 8.97. The highest BCUT2D eigenvalue weighted by Crippen LogP contribution is 2.24. The molecule has 1 N–H and O–H groups in total. The molecule has 1 unspecified atom stereocenters. The molecule has 3 rings (SSSR count). The molecule has 1 atom stereocenters. The zero-order valence-electron chi connectivity index (χ0n) is 15.3. The van der Waals surface area contributed by atoms with Crippen LogP contribution < -0.4 is 10.1 Å². The van der Waals surface area contributed by atoms with Gasteiger partial charge >= 0.3 is 0 Å². The summed E-state index contributed by atoms with van der Waals surface area (Å²) in [5.74, 6) is 1.85. The van der Waals surface area contributed by atoms with Crippen molar-refractivity contribution in [3.8, 4) is 11.5 Å². The number of ether oxygens (including phenoxy) is 1. The summed E-state index contributed by atoms with van der Waals surface area (Å²) in [5, 5.41) is 3.33. The number of aliphatic imine (C=N–C) groups is 1. The molecular formula is C20H25FN4O. The highest BCUT2D eigenvalue weighted by Gasteiger charge is 2.19. The summed E-state index contributed by atoms with van der Waals surface area (Å²) in [6.07, 6.45) is 5.64. The van der Waals surface area contributed by atoms with Gasteiger partial charge in [0, 0.05) is 32.9 Å². The smallest absolute Gasteiger partial charge is 0.193 e. The minimum Gasteiger partial charge on any atom is -0.453 e. The molecule has 6 heteroatoms. The summed E-state index contributed by atoms with van der Waals surface area (Å²) in [5.41, 5.74) is 0.840. The van der Waals surface area contributed by atoms with E-state index in [9.17, 15) is 4.39 Å². The Hall–Kier alpha value is -2.63. The van der Waals surface area contributed by atoms with E-state index in [1.54, 1.807) is 37.6 Å². The molecule has 1 aromatic heterocycles. The van der Waals surface area contributed by atoms with Crippen LogP contribution in [0.2, 0.25) is 0 Å². The predicted molar refractivity (Wildman–Crippen MR) is 101 cm³/mol. The molecule has 0 radical (unpaired) electrons. The van der Waals surface area contributed by atoms with E-state index < -0.39 is 5.82 Å². The first-order chi connectivity index (χ1) is 12.7. The molecule has 0 saturated carbocycles. The van der Waals surface area contributed by atoms with E-state index in [2.05, 4.69) is 27.1 Å². The van der Waals surface area contributed by atoms with E-state index in [0.29, 0.717) is 18.2 Å². The standard InChI is InChI=1S/C20H25FN4O/c1-15-5-4-10-25(14-15)20(22-2)24-12-16-7-8-19(18(21)11-16)26-17-6-3-9-23-13-17/h3,6-9,11,13,15H,4-5,10,12,14H2,1-2H3,(H,22,24). The second kappa shape index (κ2) is 8.65. The number of guanidine groups is 1. The molecule has 1 aromatic carbocycles. The number of piperidine rings is 1. The van der Waals surface area contributed by atoms with Crippen LogP contribution in [0, 0.1) is 11.7 Å². The molecule has 1 aliphatic rings. The monoisotopic (exact) mass is 356 g/mol. The predicted octanol–water partition coefficient (Wildman–Crippen LogP) is 3.82. The summed E-state index contributed by atoms with van der Waals surface area (Å²) in [7, 11) is 1.78. The Kier molecular flexibility index (Phi) is 6.04. The van der Waals surface area contributed by atoms with Crippen molar-refractivity contribution in [1.29, 1.82) is 0 Å². The van der Waals surface area contributed by atoms with Gasteiger partial charge in [-0.25, -0.2) is 4.39 Å². The zero-order chi connectivity index (χ0) is 18.4. The average molecular weight is 356 g/mol. The summed E-state index contributed by atoms with van der Waals surface area (Å²) < 4.78 is 19.9.